The molecule has 0 saturated heterocycles. The summed E-state index contributed by atoms with van der Waals surface area (Å²) in [4.78, 5) is 0. The molecule has 1 aromatic rings. The standard InChI is InChI=1S/C15H21NO3/c16-15(10-1-4-12(17)5-2-10)11-3-6-13-14(9-11)19-8-7-18-13/h3,6,9-10,12,15,17H,1-2,4-5,7-8,16H2. The van der Waals surface area contributed by atoms with Gasteiger partial charge in [-0.05, 0) is 49.3 Å². The van der Waals surface area contributed by atoms with Gasteiger partial charge in [0.1, 0.15) is 13.2 Å². The molecule has 4 nitrogen and oxygen atoms in total. The van der Waals surface area contributed by atoms with E-state index in [4.69, 9.17) is 15.2 Å². The topological polar surface area (TPSA) is 64.7 Å². The lowest BCUT2D eigenvalue weighted by Gasteiger charge is -2.30. The van der Waals surface area contributed by atoms with Crippen LogP contribution in [0.4, 0.5) is 0 Å². The first kappa shape index (κ1) is 12.8. The summed E-state index contributed by atoms with van der Waals surface area (Å²) in [6, 6.07) is 6.00. The highest BCUT2D eigenvalue weighted by Gasteiger charge is 2.26. The van der Waals surface area contributed by atoms with Gasteiger partial charge in [-0.25, -0.2) is 0 Å². The average Bonchev–Trinajstić information content (AvgIpc) is 2.47. The minimum Gasteiger partial charge on any atom is -0.486 e. The third-order valence-corrected chi connectivity index (χ3v) is 4.20. The van der Waals surface area contributed by atoms with Crippen molar-refractivity contribution in [2.24, 2.45) is 11.7 Å². The highest BCUT2D eigenvalue weighted by molar-refractivity contribution is 5.44. The van der Waals surface area contributed by atoms with Crippen molar-refractivity contribution in [2.75, 3.05) is 13.2 Å². The van der Waals surface area contributed by atoms with Crippen LogP contribution in [-0.2, 0) is 0 Å². The van der Waals surface area contributed by atoms with Gasteiger partial charge < -0.3 is 20.3 Å². The second kappa shape index (κ2) is 5.39. The molecule has 0 bridgehead atoms. The van der Waals surface area contributed by atoms with Crippen LogP contribution >= 0.6 is 0 Å². The third kappa shape index (κ3) is 2.69. The van der Waals surface area contributed by atoms with Gasteiger partial charge in [-0.1, -0.05) is 6.07 Å². The van der Waals surface area contributed by atoms with E-state index >= 15 is 0 Å². The molecule has 1 aliphatic carbocycles. The van der Waals surface area contributed by atoms with E-state index in [2.05, 4.69) is 0 Å². The van der Waals surface area contributed by atoms with Crippen molar-refractivity contribution in [3.05, 3.63) is 23.8 Å². The number of aliphatic hydroxyl groups is 1. The molecular formula is C15H21NO3. The molecule has 1 fully saturated rings. The number of rotatable bonds is 2. The predicted octanol–water partition coefficient (Wildman–Crippen LogP) is 2.01. The Hall–Kier alpha value is -1.26. The van der Waals surface area contributed by atoms with Gasteiger partial charge in [0.2, 0.25) is 0 Å². The Morgan fingerprint density at radius 2 is 1.74 bits per heavy atom. The lowest BCUT2D eigenvalue weighted by molar-refractivity contribution is 0.102. The summed E-state index contributed by atoms with van der Waals surface area (Å²) in [5, 5.41) is 9.56. The fraction of sp³-hybridized carbons (Fsp3) is 0.600. The van der Waals surface area contributed by atoms with Gasteiger partial charge in [-0.15, -0.1) is 0 Å². The summed E-state index contributed by atoms with van der Waals surface area (Å²) in [6.07, 6.45) is 3.59. The number of ether oxygens (including phenoxy) is 2. The largest absolute Gasteiger partial charge is 0.486 e. The molecule has 1 unspecified atom stereocenters. The Morgan fingerprint density at radius 1 is 1.05 bits per heavy atom. The fourth-order valence-electron chi connectivity index (χ4n) is 3.00. The van der Waals surface area contributed by atoms with Gasteiger partial charge >= 0.3 is 0 Å². The zero-order valence-corrected chi connectivity index (χ0v) is 11.0. The maximum atomic E-state index is 9.56. The molecule has 0 radical (unpaired) electrons. The second-order valence-electron chi connectivity index (χ2n) is 5.50. The smallest absolute Gasteiger partial charge is 0.161 e. The molecule has 104 valence electrons. The van der Waals surface area contributed by atoms with Crippen molar-refractivity contribution in [2.45, 2.75) is 37.8 Å². The highest BCUT2D eigenvalue weighted by Crippen LogP contribution is 2.37. The first-order valence-corrected chi connectivity index (χ1v) is 7.07. The molecular weight excluding hydrogens is 242 g/mol. The van der Waals surface area contributed by atoms with Crippen LogP contribution in [0.2, 0.25) is 0 Å². The highest BCUT2D eigenvalue weighted by atomic mass is 16.6. The molecule has 0 aromatic heterocycles. The molecule has 4 heteroatoms. The number of fused-ring (bicyclic) bond motifs is 1. The summed E-state index contributed by atoms with van der Waals surface area (Å²) < 4.78 is 11.1. The molecule has 19 heavy (non-hydrogen) atoms. The summed E-state index contributed by atoms with van der Waals surface area (Å²) >= 11 is 0. The second-order valence-corrected chi connectivity index (χ2v) is 5.50. The van der Waals surface area contributed by atoms with Gasteiger partial charge in [0.05, 0.1) is 6.10 Å². The normalized spacial score (nSPS) is 27.9. The number of hydrogen-bond acceptors (Lipinski definition) is 4. The van der Waals surface area contributed by atoms with Crippen LogP contribution in [0.25, 0.3) is 0 Å². The Morgan fingerprint density at radius 3 is 2.47 bits per heavy atom. The van der Waals surface area contributed by atoms with Gasteiger partial charge in [-0.3, -0.25) is 0 Å². The van der Waals surface area contributed by atoms with E-state index in [0.717, 1.165) is 42.7 Å². The molecule has 3 N–H and O–H groups in total. The van der Waals surface area contributed by atoms with Crippen LogP contribution in [-0.4, -0.2) is 24.4 Å². The Balaban J connectivity index is 1.74. The van der Waals surface area contributed by atoms with Gasteiger partial charge in [0.25, 0.3) is 0 Å². The van der Waals surface area contributed by atoms with Gasteiger partial charge in [0.15, 0.2) is 11.5 Å². The molecule has 0 spiro atoms. The molecule has 0 amide bonds. The van der Waals surface area contributed by atoms with Gasteiger partial charge in [0, 0.05) is 6.04 Å². The maximum absolute atomic E-state index is 9.56. The first-order chi connectivity index (χ1) is 9.24. The first-order valence-electron chi connectivity index (χ1n) is 7.07. The lowest BCUT2D eigenvalue weighted by atomic mass is 9.80. The fourth-order valence-corrected chi connectivity index (χ4v) is 3.00. The number of nitrogens with two attached hydrogens (primary N) is 1. The third-order valence-electron chi connectivity index (χ3n) is 4.20. The van der Waals surface area contributed by atoms with Crippen molar-refractivity contribution >= 4 is 0 Å². The van der Waals surface area contributed by atoms with Crippen molar-refractivity contribution in [3.8, 4) is 11.5 Å². The van der Waals surface area contributed by atoms with E-state index in [-0.39, 0.29) is 12.1 Å². The molecule has 2 aliphatic rings. The Bertz CT molecular complexity index is 441. The summed E-state index contributed by atoms with van der Waals surface area (Å²) in [5.41, 5.74) is 7.47. The van der Waals surface area contributed by atoms with E-state index in [9.17, 15) is 5.11 Å². The van der Waals surface area contributed by atoms with Crippen LogP contribution in [0.15, 0.2) is 18.2 Å². The molecule has 3 rings (SSSR count). The molecule has 1 heterocycles. The van der Waals surface area contributed by atoms with Crippen molar-refractivity contribution in [1.29, 1.82) is 0 Å². The zero-order chi connectivity index (χ0) is 13.2. The van der Waals surface area contributed by atoms with Crippen LogP contribution in [0, 0.1) is 5.92 Å². The van der Waals surface area contributed by atoms with E-state index in [1.54, 1.807) is 0 Å². The lowest BCUT2D eigenvalue weighted by Crippen LogP contribution is -2.28. The van der Waals surface area contributed by atoms with E-state index in [0.29, 0.717) is 19.1 Å². The van der Waals surface area contributed by atoms with Crippen LogP contribution in [0.3, 0.4) is 0 Å². The number of hydrogen-bond donors (Lipinski definition) is 2. The van der Waals surface area contributed by atoms with Gasteiger partial charge in [-0.2, -0.15) is 0 Å². The molecule has 1 aromatic carbocycles. The van der Waals surface area contributed by atoms with Crippen molar-refractivity contribution in [3.63, 3.8) is 0 Å². The minimum absolute atomic E-state index is 0.0170. The van der Waals surface area contributed by atoms with Crippen molar-refractivity contribution in [1.82, 2.24) is 0 Å². The molecule has 1 aliphatic heterocycles. The number of aliphatic hydroxyl groups excluding tert-OH is 1. The Kier molecular flexibility index (Phi) is 3.62. The monoisotopic (exact) mass is 263 g/mol. The predicted molar refractivity (Wildman–Crippen MR) is 72.3 cm³/mol. The molecule has 1 saturated carbocycles. The van der Waals surface area contributed by atoms with Crippen LogP contribution in [0.1, 0.15) is 37.3 Å². The number of benzene rings is 1. The van der Waals surface area contributed by atoms with Crippen LogP contribution < -0.4 is 15.2 Å². The average molecular weight is 263 g/mol. The SMILES string of the molecule is NC(c1ccc2c(c1)OCCO2)C1CCC(O)CC1. The molecule has 1 atom stereocenters. The van der Waals surface area contributed by atoms with E-state index in [1.807, 2.05) is 18.2 Å². The van der Waals surface area contributed by atoms with Crippen molar-refractivity contribution < 1.29 is 14.6 Å². The van der Waals surface area contributed by atoms with E-state index in [1.165, 1.54) is 0 Å². The maximum Gasteiger partial charge on any atom is 0.161 e. The summed E-state index contributed by atoms with van der Waals surface area (Å²) in [7, 11) is 0. The quantitative estimate of drug-likeness (QED) is 0.856. The van der Waals surface area contributed by atoms with E-state index < -0.39 is 0 Å². The summed E-state index contributed by atoms with van der Waals surface area (Å²) in [5.74, 6) is 2.06. The van der Waals surface area contributed by atoms with Crippen LogP contribution in [0.5, 0.6) is 11.5 Å². The minimum atomic E-state index is -0.135. The summed E-state index contributed by atoms with van der Waals surface area (Å²) in [6.45, 7) is 1.21. The zero-order valence-electron chi connectivity index (χ0n) is 11.0. The Labute approximate surface area is 113 Å².